The average Bonchev–Trinajstić information content (AvgIpc) is 2.37. The Hall–Kier alpha value is -1.43. The molecule has 0 bridgehead atoms. The van der Waals surface area contributed by atoms with Crippen molar-refractivity contribution in [1.82, 2.24) is 5.17 Å². The Labute approximate surface area is 107 Å². The molecule has 0 saturated heterocycles. The number of esters is 1. The van der Waals surface area contributed by atoms with Crippen LogP contribution in [0.4, 0.5) is 0 Å². The van der Waals surface area contributed by atoms with Crippen molar-refractivity contribution in [3.8, 4) is 0 Å². The first-order chi connectivity index (χ1) is 8.56. The molecule has 0 fully saturated rings. The number of carbonyl (C=O) groups excluding carboxylic acids is 2. The SMILES string of the molecule is CCC1=NN(C(=O)CCOC(C)=O)OC(CC)C1. The summed E-state index contributed by atoms with van der Waals surface area (Å²) < 4.78 is 4.72. The van der Waals surface area contributed by atoms with E-state index in [0.717, 1.165) is 30.1 Å². The molecule has 0 saturated carbocycles. The van der Waals surface area contributed by atoms with E-state index in [9.17, 15) is 9.59 Å². The van der Waals surface area contributed by atoms with Crippen LogP contribution in [0.5, 0.6) is 0 Å². The minimum atomic E-state index is -0.397. The standard InChI is InChI=1S/C12H20N2O4/c1-4-10-8-11(5-2)18-14(13-10)12(16)6-7-17-9(3)15/h11H,4-8H2,1-3H3. The van der Waals surface area contributed by atoms with Crippen LogP contribution in [0, 0.1) is 0 Å². The lowest BCUT2D eigenvalue weighted by atomic mass is 10.1. The molecule has 18 heavy (non-hydrogen) atoms. The Morgan fingerprint density at radius 3 is 2.78 bits per heavy atom. The fourth-order valence-corrected chi connectivity index (χ4v) is 1.56. The zero-order valence-corrected chi connectivity index (χ0v) is 11.1. The molecule has 0 aromatic heterocycles. The van der Waals surface area contributed by atoms with E-state index in [0.29, 0.717) is 0 Å². The lowest BCUT2D eigenvalue weighted by Gasteiger charge is -2.28. The zero-order chi connectivity index (χ0) is 13.5. The van der Waals surface area contributed by atoms with Crippen LogP contribution < -0.4 is 0 Å². The normalized spacial score (nSPS) is 19.4. The number of hydrogen-bond acceptors (Lipinski definition) is 5. The lowest BCUT2D eigenvalue weighted by molar-refractivity contribution is -0.212. The molecule has 0 spiro atoms. The molecule has 6 nitrogen and oxygen atoms in total. The number of hydroxylamine groups is 1. The van der Waals surface area contributed by atoms with E-state index >= 15 is 0 Å². The summed E-state index contributed by atoms with van der Waals surface area (Å²) in [7, 11) is 0. The number of hydrazone groups is 1. The predicted octanol–water partition coefficient (Wildman–Crippen LogP) is 1.65. The summed E-state index contributed by atoms with van der Waals surface area (Å²) >= 11 is 0. The second-order valence-electron chi connectivity index (χ2n) is 4.12. The summed E-state index contributed by atoms with van der Waals surface area (Å²) in [6.45, 7) is 5.37. The van der Waals surface area contributed by atoms with Crippen molar-refractivity contribution < 1.29 is 19.2 Å². The topological polar surface area (TPSA) is 68.2 Å². The van der Waals surface area contributed by atoms with Gasteiger partial charge in [-0.1, -0.05) is 13.8 Å². The third-order valence-electron chi connectivity index (χ3n) is 2.64. The van der Waals surface area contributed by atoms with Crippen LogP contribution in [0.2, 0.25) is 0 Å². The van der Waals surface area contributed by atoms with Crippen LogP contribution >= 0.6 is 0 Å². The molecule has 102 valence electrons. The molecule has 1 atom stereocenters. The van der Waals surface area contributed by atoms with Gasteiger partial charge in [0, 0.05) is 19.1 Å². The van der Waals surface area contributed by atoms with E-state index in [2.05, 4.69) is 5.10 Å². The van der Waals surface area contributed by atoms with Gasteiger partial charge in [-0.3, -0.25) is 9.59 Å². The van der Waals surface area contributed by atoms with Gasteiger partial charge in [-0.05, 0) is 12.8 Å². The minimum absolute atomic E-state index is 0.00451. The maximum absolute atomic E-state index is 11.8. The van der Waals surface area contributed by atoms with Crippen molar-refractivity contribution in [2.45, 2.75) is 52.6 Å². The van der Waals surface area contributed by atoms with Gasteiger partial charge < -0.3 is 4.74 Å². The molecule has 0 aromatic rings. The highest BCUT2D eigenvalue weighted by molar-refractivity contribution is 5.87. The first kappa shape index (κ1) is 14.6. The second kappa shape index (κ2) is 7.10. The molecule has 1 unspecified atom stereocenters. The summed E-state index contributed by atoms with van der Waals surface area (Å²) in [4.78, 5) is 27.8. The highest BCUT2D eigenvalue weighted by Gasteiger charge is 2.25. The number of ether oxygens (including phenoxy) is 1. The van der Waals surface area contributed by atoms with E-state index in [1.54, 1.807) is 0 Å². The van der Waals surface area contributed by atoms with E-state index in [1.807, 2.05) is 13.8 Å². The molecule has 1 rings (SSSR count). The molecular weight excluding hydrogens is 236 g/mol. The Bertz CT molecular complexity index is 341. The molecular formula is C12H20N2O4. The van der Waals surface area contributed by atoms with Gasteiger partial charge in [0.1, 0.15) is 6.61 Å². The Kier molecular flexibility index (Phi) is 5.77. The van der Waals surface area contributed by atoms with Gasteiger partial charge in [-0.15, -0.1) is 5.17 Å². The van der Waals surface area contributed by atoms with Crippen molar-refractivity contribution in [3.05, 3.63) is 0 Å². The summed E-state index contributed by atoms with van der Waals surface area (Å²) in [5.41, 5.74) is 0.953. The Balaban J connectivity index is 2.52. The number of amides is 1. The monoisotopic (exact) mass is 256 g/mol. The van der Waals surface area contributed by atoms with E-state index in [4.69, 9.17) is 9.57 Å². The van der Waals surface area contributed by atoms with Gasteiger partial charge in [0.05, 0.1) is 12.5 Å². The largest absolute Gasteiger partial charge is 0.465 e. The number of hydrogen-bond donors (Lipinski definition) is 0. The number of nitrogens with zero attached hydrogens (tertiary/aromatic N) is 2. The smallest absolute Gasteiger partial charge is 0.302 e. The molecule has 0 N–H and O–H groups in total. The van der Waals surface area contributed by atoms with E-state index in [1.165, 1.54) is 6.92 Å². The maximum Gasteiger partial charge on any atom is 0.302 e. The summed E-state index contributed by atoms with van der Waals surface area (Å²) in [5, 5.41) is 5.18. The highest BCUT2D eigenvalue weighted by atomic mass is 16.7. The van der Waals surface area contributed by atoms with Crippen molar-refractivity contribution >= 4 is 17.6 Å². The van der Waals surface area contributed by atoms with Crippen molar-refractivity contribution in [1.29, 1.82) is 0 Å². The van der Waals surface area contributed by atoms with Crippen molar-refractivity contribution in [2.75, 3.05) is 6.61 Å². The van der Waals surface area contributed by atoms with Gasteiger partial charge in [0.25, 0.3) is 5.91 Å². The van der Waals surface area contributed by atoms with Crippen LogP contribution in [0.3, 0.4) is 0 Å². The lowest BCUT2D eigenvalue weighted by Crippen LogP contribution is -2.37. The fraction of sp³-hybridized carbons (Fsp3) is 0.750. The van der Waals surface area contributed by atoms with Gasteiger partial charge in [0.2, 0.25) is 0 Å². The first-order valence-electron chi connectivity index (χ1n) is 6.26. The molecule has 0 radical (unpaired) electrons. The minimum Gasteiger partial charge on any atom is -0.465 e. The molecule has 1 amide bonds. The number of carbonyl (C=O) groups is 2. The van der Waals surface area contributed by atoms with Gasteiger partial charge in [0.15, 0.2) is 0 Å². The average molecular weight is 256 g/mol. The van der Waals surface area contributed by atoms with E-state index in [-0.39, 0.29) is 25.0 Å². The maximum atomic E-state index is 11.8. The molecule has 1 heterocycles. The van der Waals surface area contributed by atoms with Crippen LogP contribution in [-0.2, 0) is 19.2 Å². The van der Waals surface area contributed by atoms with Crippen molar-refractivity contribution in [3.63, 3.8) is 0 Å². The van der Waals surface area contributed by atoms with Crippen LogP contribution in [0.25, 0.3) is 0 Å². The third-order valence-corrected chi connectivity index (χ3v) is 2.64. The summed E-state index contributed by atoms with van der Waals surface area (Å²) in [6.07, 6.45) is 2.47. The second-order valence-corrected chi connectivity index (χ2v) is 4.12. The van der Waals surface area contributed by atoms with Gasteiger partial charge in [-0.2, -0.15) is 5.10 Å². The van der Waals surface area contributed by atoms with Crippen LogP contribution in [0.1, 0.15) is 46.5 Å². The molecule has 0 aliphatic carbocycles. The van der Waals surface area contributed by atoms with E-state index < -0.39 is 5.97 Å². The van der Waals surface area contributed by atoms with Crippen molar-refractivity contribution in [2.24, 2.45) is 5.10 Å². The Morgan fingerprint density at radius 2 is 2.22 bits per heavy atom. The number of rotatable bonds is 5. The third kappa shape index (κ3) is 4.44. The zero-order valence-electron chi connectivity index (χ0n) is 11.1. The quantitative estimate of drug-likeness (QED) is 0.701. The highest BCUT2D eigenvalue weighted by Crippen LogP contribution is 2.17. The Morgan fingerprint density at radius 1 is 1.50 bits per heavy atom. The van der Waals surface area contributed by atoms with Crippen LogP contribution in [0.15, 0.2) is 5.10 Å². The fourth-order valence-electron chi connectivity index (χ4n) is 1.56. The molecule has 1 aliphatic heterocycles. The molecule has 1 aliphatic rings. The predicted molar refractivity (Wildman–Crippen MR) is 65.6 cm³/mol. The summed E-state index contributed by atoms with van der Waals surface area (Å²) in [5.74, 6) is -0.688. The molecule has 0 aromatic carbocycles. The van der Waals surface area contributed by atoms with Gasteiger partial charge in [-0.25, -0.2) is 4.84 Å². The summed E-state index contributed by atoms with van der Waals surface area (Å²) in [6, 6.07) is 0. The van der Waals surface area contributed by atoms with Gasteiger partial charge >= 0.3 is 5.97 Å². The van der Waals surface area contributed by atoms with Crippen LogP contribution in [-0.4, -0.2) is 35.5 Å². The first-order valence-corrected chi connectivity index (χ1v) is 6.26. The molecule has 6 heteroatoms.